The van der Waals surface area contributed by atoms with E-state index < -0.39 is 0 Å². The number of rotatable bonds is 9. The molecule has 0 aliphatic heterocycles. The SMILES string of the molecule is CCN=C([S-])N/N=C1\CCC(CCOCc2ccccc2)\C1=N/NC([S-])=NCC.[Cu+2]. The summed E-state index contributed by atoms with van der Waals surface area (Å²) >= 11 is 10.3. The Bertz CT molecular complexity index is 755. The zero-order valence-electron chi connectivity index (χ0n) is 17.2. The summed E-state index contributed by atoms with van der Waals surface area (Å²) in [6, 6.07) is 10.2. The third kappa shape index (κ3) is 9.49. The average Bonchev–Trinajstić information content (AvgIpc) is 3.11. The number of hydrogen-bond donors (Lipinski definition) is 2. The van der Waals surface area contributed by atoms with E-state index in [4.69, 9.17) is 30.0 Å². The Kier molecular flexibility index (Phi) is 13.5. The summed E-state index contributed by atoms with van der Waals surface area (Å²) in [5.41, 5.74) is 8.59. The second-order valence-corrected chi connectivity index (χ2v) is 7.17. The molecule has 0 amide bonds. The van der Waals surface area contributed by atoms with Crippen molar-refractivity contribution >= 4 is 47.0 Å². The van der Waals surface area contributed by atoms with Crippen molar-refractivity contribution in [2.75, 3.05) is 19.7 Å². The molecule has 167 valence electrons. The maximum Gasteiger partial charge on any atom is 2.00 e. The van der Waals surface area contributed by atoms with Gasteiger partial charge in [0.1, 0.15) is 0 Å². The molecule has 1 atom stereocenters. The van der Waals surface area contributed by atoms with Crippen LogP contribution in [0.1, 0.15) is 38.7 Å². The van der Waals surface area contributed by atoms with Gasteiger partial charge in [0.05, 0.1) is 18.0 Å². The molecule has 1 aliphatic carbocycles. The molecule has 0 spiro atoms. The fourth-order valence-electron chi connectivity index (χ4n) is 2.93. The molecule has 0 heterocycles. The van der Waals surface area contributed by atoms with Crippen LogP contribution in [-0.4, -0.2) is 41.5 Å². The van der Waals surface area contributed by atoms with Crippen LogP contribution in [-0.2, 0) is 53.7 Å². The van der Waals surface area contributed by atoms with Crippen molar-refractivity contribution < 1.29 is 21.8 Å². The van der Waals surface area contributed by atoms with Gasteiger partial charge < -0.3 is 30.0 Å². The van der Waals surface area contributed by atoms with Gasteiger partial charge in [-0.1, -0.05) is 30.3 Å². The van der Waals surface area contributed by atoms with E-state index in [0.29, 0.717) is 36.6 Å². The average molecular weight is 496 g/mol. The van der Waals surface area contributed by atoms with E-state index in [0.717, 1.165) is 30.7 Å². The van der Waals surface area contributed by atoms with Gasteiger partial charge in [-0.15, -0.1) is 0 Å². The summed E-state index contributed by atoms with van der Waals surface area (Å²) in [5.74, 6) is 0.236. The molecule has 1 unspecified atom stereocenters. The van der Waals surface area contributed by atoms with E-state index >= 15 is 0 Å². The molecule has 1 saturated carbocycles. The summed E-state index contributed by atoms with van der Waals surface area (Å²) < 4.78 is 5.85. The monoisotopic (exact) mass is 495 g/mol. The molecule has 1 radical (unpaired) electrons. The van der Waals surface area contributed by atoms with Crippen LogP contribution in [0.4, 0.5) is 0 Å². The third-order valence-corrected chi connectivity index (χ3v) is 4.74. The van der Waals surface area contributed by atoms with Gasteiger partial charge in [0.15, 0.2) is 0 Å². The van der Waals surface area contributed by atoms with Gasteiger partial charge in [0.25, 0.3) is 0 Å². The molecule has 1 aliphatic rings. The molecule has 30 heavy (non-hydrogen) atoms. The molecule has 0 aromatic heterocycles. The minimum Gasteiger partial charge on any atom is -0.741 e. The fourth-order valence-corrected chi connectivity index (χ4v) is 3.28. The second kappa shape index (κ2) is 15.3. The third-order valence-electron chi connectivity index (χ3n) is 4.30. The van der Waals surface area contributed by atoms with Gasteiger partial charge in [0, 0.05) is 25.6 Å². The summed E-state index contributed by atoms with van der Waals surface area (Å²) in [6.07, 6.45) is 2.61. The van der Waals surface area contributed by atoms with E-state index in [1.54, 1.807) is 0 Å². The van der Waals surface area contributed by atoms with Crippen molar-refractivity contribution in [1.29, 1.82) is 0 Å². The molecule has 0 bridgehead atoms. The number of nitrogens with one attached hydrogen (secondary N) is 2. The standard InChI is InChI=1S/C20H30N6OS2.Cu/c1-3-21-19(28)25-23-17-11-10-16(18(17)24-26-20(29)22-4-2)12-13-27-14-15-8-6-5-7-9-15;/h5-9,16H,3-4,10-14H2,1-2H3,(H2,21,25,28)(H2,22,26,29);/q;+2/p-2/b23-17+,24-18+;. The quantitative estimate of drug-likeness (QED) is 0.137. The minimum absolute atomic E-state index is 0. The summed E-state index contributed by atoms with van der Waals surface area (Å²) in [4.78, 5) is 8.26. The first kappa shape index (κ1) is 26.5. The molecular formula is C20H28CuN6OS2. The second-order valence-electron chi connectivity index (χ2n) is 6.40. The predicted octanol–water partition coefficient (Wildman–Crippen LogP) is 2.74. The number of hydrazone groups is 2. The van der Waals surface area contributed by atoms with Crippen molar-refractivity contribution in [2.45, 2.75) is 39.7 Å². The minimum atomic E-state index is 0. The van der Waals surface area contributed by atoms with Crippen LogP contribution in [0, 0.1) is 5.92 Å². The first-order valence-corrected chi connectivity index (χ1v) is 10.7. The number of aliphatic imine (C=N–C) groups is 2. The Morgan fingerprint density at radius 3 is 2.30 bits per heavy atom. The van der Waals surface area contributed by atoms with Gasteiger partial charge in [-0.05, 0) is 49.0 Å². The number of benzene rings is 1. The Morgan fingerprint density at radius 2 is 1.67 bits per heavy atom. The van der Waals surface area contributed by atoms with Crippen LogP contribution >= 0.6 is 0 Å². The smallest absolute Gasteiger partial charge is 0.741 e. The van der Waals surface area contributed by atoms with Crippen LogP contribution in [0.15, 0.2) is 50.5 Å². The molecule has 7 nitrogen and oxygen atoms in total. The molecular weight excluding hydrogens is 468 g/mol. The van der Waals surface area contributed by atoms with E-state index in [9.17, 15) is 0 Å². The molecule has 1 fully saturated rings. The first-order chi connectivity index (χ1) is 14.1. The van der Waals surface area contributed by atoms with Crippen molar-refractivity contribution in [3.05, 3.63) is 35.9 Å². The fraction of sp³-hybridized carbons (Fsp3) is 0.500. The largest absolute Gasteiger partial charge is 2.00 e. The molecule has 2 rings (SSSR count). The van der Waals surface area contributed by atoms with Crippen LogP contribution in [0.3, 0.4) is 0 Å². The molecule has 10 heteroatoms. The maximum atomic E-state index is 5.85. The van der Waals surface area contributed by atoms with Crippen LogP contribution in [0.25, 0.3) is 0 Å². The first-order valence-electron chi connectivity index (χ1n) is 9.85. The number of nitrogens with zero attached hydrogens (tertiary/aromatic N) is 4. The summed E-state index contributed by atoms with van der Waals surface area (Å²) in [6.45, 7) is 6.34. The zero-order chi connectivity index (χ0) is 20.9. The normalized spacial score (nSPS) is 19.7. The van der Waals surface area contributed by atoms with Gasteiger partial charge in [0.2, 0.25) is 0 Å². The van der Waals surface area contributed by atoms with Crippen molar-refractivity contribution in [3.8, 4) is 0 Å². The molecule has 1 aromatic rings. The predicted molar refractivity (Wildman–Crippen MR) is 125 cm³/mol. The number of ether oxygens (including phenoxy) is 1. The summed E-state index contributed by atoms with van der Waals surface area (Å²) in [5, 5.41) is 9.66. The van der Waals surface area contributed by atoms with Crippen molar-refractivity contribution in [2.24, 2.45) is 26.1 Å². The van der Waals surface area contributed by atoms with E-state index in [1.165, 1.54) is 5.56 Å². The van der Waals surface area contributed by atoms with Gasteiger partial charge in [-0.2, -0.15) is 10.2 Å². The van der Waals surface area contributed by atoms with Gasteiger partial charge >= 0.3 is 17.1 Å². The van der Waals surface area contributed by atoms with Crippen LogP contribution in [0.2, 0.25) is 0 Å². The number of hydrogen-bond acceptors (Lipinski definition) is 7. The molecule has 2 N–H and O–H groups in total. The van der Waals surface area contributed by atoms with E-state index in [-0.39, 0.29) is 23.0 Å². The Labute approximate surface area is 200 Å². The van der Waals surface area contributed by atoms with E-state index in [1.807, 2.05) is 32.0 Å². The van der Waals surface area contributed by atoms with Gasteiger partial charge in [-0.3, -0.25) is 20.8 Å². The van der Waals surface area contributed by atoms with Crippen LogP contribution in [0.5, 0.6) is 0 Å². The Balaban J connectivity index is 0.00000450. The Hall–Kier alpha value is -1.58. The van der Waals surface area contributed by atoms with Crippen molar-refractivity contribution in [1.82, 2.24) is 10.9 Å². The summed E-state index contributed by atoms with van der Waals surface area (Å²) in [7, 11) is 0. The Morgan fingerprint density at radius 1 is 1.03 bits per heavy atom. The van der Waals surface area contributed by atoms with Crippen molar-refractivity contribution in [3.63, 3.8) is 0 Å². The molecule has 0 saturated heterocycles. The van der Waals surface area contributed by atoms with Crippen LogP contribution < -0.4 is 10.9 Å². The topological polar surface area (TPSA) is 82.7 Å². The van der Waals surface area contributed by atoms with Gasteiger partial charge in [-0.25, -0.2) is 0 Å². The van der Waals surface area contributed by atoms with E-state index in [2.05, 4.69) is 43.2 Å². The number of amidine groups is 2. The maximum absolute atomic E-state index is 5.85. The zero-order valence-corrected chi connectivity index (χ0v) is 19.8. The molecule has 1 aromatic carbocycles.